The Kier molecular flexibility index (Phi) is 8.64. The molecule has 5 rings (SSSR count). The lowest BCUT2D eigenvalue weighted by Crippen LogP contribution is -2.02. The molecule has 0 atom stereocenters. The van der Waals surface area contributed by atoms with Crippen molar-refractivity contribution in [1.82, 2.24) is 9.55 Å². The van der Waals surface area contributed by atoms with Gasteiger partial charge in [-0.05, 0) is 64.2 Å². The summed E-state index contributed by atoms with van der Waals surface area (Å²) in [6.45, 7) is 0.515. The molecule has 0 bridgehead atoms. The second-order valence-electron chi connectivity index (χ2n) is 9.88. The Morgan fingerprint density at radius 3 is 2.26 bits per heavy atom. The van der Waals surface area contributed by atoms with E-state index in [0.717, 1.165) is 33.4 Å². The lowest BCUT2D eigenvalue weighted by molar-refractivity contribution is -0.136. The number of hydrogen-bond acceptors (Lipinski definition) is 4. The van der Waals surface area contributed by atoms with Gasteiger partial charge in [0.15, 0.2) is 9.84 Å². The summed E-state index contributed by atoms with van der Waals surface area (Å²) in [6, 6.07) is 27.5. The molecular formula is C33H26Cl2N2O4S. The van der Waals surface area contributed by atoms with Crippen LogP contribution in [-0.2, 0) is 27.6 Å². The maximum absolute atomic E-state index is 12.0. The number of imidazole rings is 1. The first kappa shape index (κ1) is 29.3. The minimum absolute atomic E-state index is 0.0273. The maximum atomic E-state index is 12.0. The van der Waals surface area contributed by atoms with Gasteiger partial charge in [0.2, 0.25) is 0 Å². The molecule has 0 unspecified atom stereocenters. The fourth-order valence-electron chi connectivity index (χ4n) is 4.51. The molecule has 1 heterocycles. The van der Waals surface area contributed by atoms with Crippen molar-refractivity contribution in [2.24, 2.45) is 0 Å². The predicted molar refractivity (Wildman–Crippen MR) is 168 cm³/mol. The van der Waals surface area contributed by atoms with Gasteiger partial charge in [-0.2, -0.15) is 0 Å². The van der Waals surface area contributed by atoms with Crippen molar-refractivity contribution in [3.8, 4) is 22.4 Å². The number of hydrogen-bond donors (Lipinski definition) is 1. The molecule has 0 aliphatic heterocycles. The standard InChI is InChI=1S/C33H26Cl2N2O4S/c1-42(40,41)28-4-2-3-26(18-28)25-12-9-22(10-13-25)11-16-32-36-31(29-15-14-27(34)19-30(29)35)21-37(32)20-24-7-5-23(6-8-24)17-33(38)39/h2-16,18-19,21H,17,20H2,1H3,(H,38,39). The summed E-state index contributed by atoms with van der Waals surface area (Å²) < 4.78 is 25.9. The normalized spacial score (nSPS) is 11.7. The molecule has 0 spiro atoms. The Bertz CT molecular complexity index is 1900. The molecule has 0 radical (unpaired) electrons. The highest BCUT2D eigenvalue weighted by Gasteiger charge is 2.13. The molecule has 9 heteroatoms. The van der Waals surface area contributed by atoms with E-state index < -0.39 is 15.8 Å². The minimum atomic E-state index is -3.30. The number of carboxylic acid groups (broad SMARTS) is 1. The summed E-state index contributed by atoms with van der Waals surface area (Å²) in [5.74, 6) is -0.166. The van der Waals surface area contributed by atoms with Gasteiger partial charge in [-0.15, -0.1) is 0 Å². The minimum Gasteiger partial charge on any atom is -0.481 e. The van der Waals surface area contributed by atoms with Crippen LogP contribution in [0.4, 0.5) is 0 Å². The van der Waals surface area contributed by atoms with Crippen molar-refractivity contribution >= 4 is 51.2 Å². The molecule has 0 saturated carbocycles. The van der Waals surface area contributed by atoms with Crippen molar-refractivity contribution in [1.29, 1.82) is 0 Å². The van der Waals surface area contributed by atoms with Gasteiger partial charge in [-0.25, -0.2) is 13.4 Å². The zero-order valence-electron chi connectivity index (χ0n) is 22.5. The predicted octanol–water partition coefficient (Wildman–Crippen LogP) is 7.77. The van der Waals surface area contributed by atoms with Crippen molar-refractivity contribution in [2.45, 2.75) is 17.9 Å². The molecule has 0 fully saturated rings. The lowest BCUT2D eigenvalue weighted by Gasteiger charge is -2.07. The van der Waals surface area contributed by atoms with Gasteiger partial charge in [0, 0.05) is 29.6 Å². The zero-order valence-corrected chi connectivity index (χ0v) is 24.9. The van der Waals surface area contributed by atoms with Crippen molar-refractivity contribution in [3.63, 3.8) is 0 Å². The van der Waals surface area contributed by atoms with Crippen molar-refractivity contribution < 1.29 is 18.3 Å². The molecular weight excluding hydrogens is 591 g/mol. The Labute approximate surface area is 254 Å². The average molecular weight is 618 g/mol. The van der Waals surface area contributed by atoms with Gasteiger partial charge in [0.05, 0.1) is 22.0 Å². The van der Waals surface area contributed by atoms with E-state index in [-0.39, 0.29) is 11.3 Å². The van der Waals surface area contributed by atoms with Gasteiger partial charge in [0.1, 0.15) is 5.82 Å². The van der Waals surface area contributed by atoms with Crippen LogP contribution in [0, 0.1) is 0 Å². The Morgan fingerprint density at radius 1 is 0.881 bits per heavy atom. The fourth-order valence-corrected chi connectivity index (χ4v) is 5.69. The number of rotatable bonds is 9. The molecule has 1 N–H and O–H groups in total. The van der Waals surface area contributed by atoms with Crippen LogP contribution in [0.3, 0.4) is 0 Å². The summed E-state index contributed by atoms with van der Waals surface area (Å²) in [7, 11) is -3.30. The van der Waals surface area contributed by atoms with Crippen LogP contribution in [0.25, 0.3) is 34.5 Å². The third-order valence-electron chi connectivity index (χ3n) is 6.68. The van der Waals surface area contributed by atoms with E-state index in [2.05, 4.69) is 0 Å². The first-order chi connectivity index (χ1) is 20.0. The third kappa shape index (κ3) is 7.18. The monoisotopic (exact) mass is 616 g/mol. The molecule has 6 nitrogen and oxygen atoms in total. The number of sulfone groups is 1. The molecule has 0 amide bonds. The van der Waals surface area contributed by atoms with Crippen molar-refractivity contribution in [3.05, 3.63) is 130 Å². The van der Waals surface area contributed by atoms with Gasteiger partial charge in [0.25, 0.3) is 0 Å². The zero-order chi connectivity index (χ0) is 29.9. The molecule has 0 saturated heterocycles. The number of halogens is 2. The second-order valence-corrected chi connectivity index (χ2v) is 12.7. The smallest absolute Gasteiger partial charge is 0.307 e. The van der Waals surface area contributed by atoms with Crippen LogP contribution < -0.4 is 0 Å². The number of carboxylic acids is 1. The Hall–Kier alpha value is -4.17. The number of benzene rings is 4. The molecule has 212 valence electrons. The first-order valence-corrected chi connectivity index (χ1v) is 15.6. The van der Waals surface area contributed by atoms with Crippen molar-refractivity contribution in [2.75, 3.05) is 6.26 Å². The number of nitrogens with zero attached hydrogens (tertiary/aromatic N) is 2. The van der Waals surface area contributed by atoms with E-state index in [1.165, 1.54) is 6.26 Å². The van der Waals surface area contributed by atoms with E-state index in [4.69, 9.17) is 33.3 Å². The van der Waals surface area contributed by atoms with Crippen LogP contribution in [0.5, 0.6) is 0 Å². The maximum Gasteiger partial charge on any atom is 0.307 e. The van der Waals surface area contributed by atoms with Crippen LogP contribution >= 0.6 is 23.2 Å². The number of carbonyl (C=O) groups is 1. The molecule has 4 aromatic carbocycles. The van der Waals surface area contributed by atoms with E-state index >= 15 is 0 Å². The lowest BCUT2D eigenvalue weighted by atomic mass is 10.0. The summed E-state index contributed by atoms with van der Waals surface area (Å²) in [5.41, 5.74) is 5.85. The van der Waals surface area contributed by atoms with Crippen LogP contribution in [0.2, 0.25) is 10.0 Å². The third-order valence-corrected chi connectivity index (χ3v) is 8.33. The van der Waals surface area contributed by atoms with Gasteiger partial charge in [-0.1, -0.05) is 89.9 Å². The highest BCUT2D eigenvalue weighted by Crippen LogP contribution is 2.31. The van der Waals surface area contributed by atoms with E-state index in [1.807, 2.05) is 83.6 Å². The van der Waals surface area contributed by atoms with Crippen LogP contribution in [0.15, 0.2) is 102 Å². The summed E-state index contributed by atoms with van der Waals surface area (Å²) >= 11 is 12.6. The Balaban J connectivity index is 1.44. The van der Waals surface area contributed by atoms with Gasteiger partial charge >= 0.3 is 5.97 Å². The molecule has 5 aromatic rings. The molecule has 1 aromatic heterocycles. The molecule has 42 heavy (non-hydrogen) atoms. The summed E-state index contributed by atoms with van der Waals surface area (Å²) in [6.07, 6.45) is 6.98. The van der Waals surface area contributed by atoms with Crippen LogP contribution in [-0.4, -0.2) is 35.3 Å². The quantitative estimate of drug-likeness (QED) is 0.183. The number of aromatic nitrogens is 2. The second kappa shape index (κ2) is 12.4. The largest absolute Gasteiger partial charge is 0.481 e. The van der Waals surface area contributed by atoms with E-state index in [1.54, 1.807) is 30.3 Å². The summed E-state index contributed by atoms with van der Waals surface area (Å²) in [5, 5.41) is 10.1. The summed E-state index contributed by atoms with van der Waals surface area (Å²) in [4.78, 5) is 16.2. The van der Waals surface area contributed by atoms with Gasteiger partial charge < -0.3 is 9.67 Å². The SMILES string of the molecule is CS(=O)(=O)c1cccc(-c2ccc(C=Cc3nc(-c4ccc(Cl)cc4Cl)cn3Cc3ccc(CC(=O)O)cc3)cc2)c1. The van der Waals surface area contributed by atoms with E-state index in [9.17, 15) is 13.2 Å². The average Bonchev–Trinajstić information content (AvgIpc) is 3.34. The van der Waals surface area contributed by atoms with Gasteiger partial charge in [-0.3, -0.25) is 4.79 Å². The highest BCUT2D eigenvalue weighted by atomic mass is 35.5. The Morgan fingerprint density at radius 2 is 1.60 bits per heavy atom. The fraction of sp³-hybridized carbons (Fsp3) is 0.0909. The molecule has 0 aliphatic carbocycles. The van der Waals surface area contributed by atoms with Crippen LogP contribution in [0.1, 0.15) is 22.5 Å². The topological polar surface area (TPSA) is 89.3 Å². The van der Waals surface area contributed by atoms with E-state index in [0.29, 0.717) is 28.1 Å². The highest BCUT2D eigenvalue weighted by molar-refractivity contribution is 7.90. The molecule has 0 aliphatic rings. The first-order valence-electron chi connectivity index (χ1n) is 13.0. The number of aliphatic carboxylic acids is 1.